The molecule has 0 bridgehead atoms. The molecule has 1 heterocycles. The van der Waals surface area contributed by atoms with Crippen molar-refractivity contribution in [3.05, 3.63) is 47.5 Å². The first-order valence-electron chi connectivity index (χ1n) is 6.40. The molecule has 2 rings (SSSR count). The summed E-state index contributed by atoms with van der Waals surface area (Å²) in [7, 11) is 0. The fraction of sp³-hybridized carbons (Fsp3) is 0.429. The third-order valence-corrected chi connectivity index (χ3v) is 2.67. The maximum absolute atomic E-state index is 5.48. The summed E-state index contributed by atoms with van der Waals surface area (Å²) in [5, 5.41) is 7.10. The zero-order valence-corrected chi connectivity index (χ0v) is 10.7. The van der Waals surface area contributed by atoms with Gasteiger partial charge in [0.05, 0.1) is 0 Å². The molecule has 0 aliphatic carbocycles. The van der Waals surface area contributed by atoms with E-state index in [0.29, 0.717) is 6.61 Å². The topological polar surface area (TPSA) is 50.8 Å². The lowest BCUT2D eigenvalue weighted by molar-refractivity contribution is 0.113. The van der Waals surface area contributed by atoms with Crippen LogP contribution in [-0.4, -0.2) is 21.8 Å². The molecule has 2 aromatic rings. The predicted octanol–water partition coefficient (Wildman–Crippen LogP) is 2.71. The number of nitrogens with zero attached hydrogens (tertiary/aromatic N) is 2. The van der Waals surface area contributed by atoms with E-state index in [1.165, 1.54) is 5.56 Å². The van der Waals surface area contributed by atoms with Crippen LogP contribution in [-0.2, 0) is 17.8 Å². The quantitative estimate of drug-likeness (QED) is 0.763. The number of nitrogens with one attached hydrogen (secondary N) is 1. The number of H-pyrrole nitrogens is 1. The fourth-order valence-corrected chi connectivity index (χ4v) is 1.68. The summed E-state index contributed by atoms with van der Waals surface area (Å²) >= 11 is 0. The first-order valence-corrected chi connectivity index (χ1v) is 6.40. The molecule has 4 nitrogen and oxygen atoms in total. The second-order valence-corrected chi connectivity index (χ2v) is 4.27. The van der Waals surface area contributed by atoms with Crippen LogP contribution in [0.2, 0.25) is 0 Å². The molecule has 1 N–H and O–H groups in total. The van der Waals surface area contributed by atoms with E-state index in [1.807, 2.05) is 18.2 Å². The zero-order valence-electron chi connectivity index (χ0n) is 10.7. The second kappa shape index (κ2) is 6.91. The van der Waals surface area contributed by atoms with Crippen molar-refractivity contribution in [3.8, 4) is 0 Å². The minimum atomic E-state index is 0.491. The third kappa shape index (κ3) is 3.96. The number of hydrogen-bond donors (Lipinski definition) is 1. The van der Waals surface area contributed by atoms with Crippen molar-refractivity contribution in [2.45, 2.75) is 32.8 Å². The maximum atomic E-state index is 5.48. The number of benzene rings is 1. The van der Waals surface area contributed by atoms with Gasteiger partial charge in [-0.3, -0.25) is 5.10 Å². The van der Waals surface area contributed by atoms with Gasteiger partial charge in [0.1, 0.15) is 12.4 Å². The van der Waals surface area contributed by atoms with E-state index in [9.17, 15) is 0 Å². The van der Waals surface area contributed by atoms with Crippen molar-refractivity contribution in [1.82, 2.24) is 15.2 Å². The Morgan fingerprint density at radius 1 is 1.22 bits per heavy atom. The third-order valence-electron chi connectivity index (χ3n) is 2.67. The maximum Gasteiger partial charge on any atom is 0.176 e. The second-order valence-electron chi connectivity index (χ2n) is 4.27. The number of rotatable bonds is 7. The van der Waals surface area contributed by atoms with Gasteiger partial charge in [-0.15, -0.1) is 0 Å². The minimum absolute atomic E-state index is 0.491. The number of unbranched alkanes of at least 4 members (excludes halogenated alkanes) is 1. The average molecular weight is 245 g/mol. The molecular formula is C14H19N3O. The molecule has 0 saturated carbocycles. The number of aromatic amines is 1. The highest BCUT2D eigenvalue weighted by molar-refractivity contribution is 5.18. The van der Waals surface area contributed by atoms with Crippen molar-refractivity contribution in [1.29, 1.82) is 0 Å². The number of aromatic nitrogens is 3. The summed E-state index contributed by atoms with van der Waals surface area (Å²) < 4.78 is 5.48. The molecule has 0 aliphatic rings. The Morgan fingerprint density at radius 2 is 2.06 bits per heavy atom. The molecule has 0 amide bonds. The van der Waals surface area contributed by atoms with Crippen LogP contribution in [0.25, 0.3) is 0 Å². The highest BCUT2D eigenvalue weighted by atomic mass is 16.5. The lowest BCUT2D eigenvalue weighted by Crippen LogP contribution is -1.97. The average Bonchev–Trinajstić information content (AvgIpc) is 2.84. The molecule has 0 radical (unpaired) electrons. The van der Waals surface area contributed by atoms with Gasteiger partial charge in [-0.1, -0.05) is 43.7 Å². The van der Waals surface area contributed by atoms with E-state index in [0.717, 1.165) is 37.5 Å². The van der Waals surface area contributed by atoms with E-state index >= 15 is 0 Å². The molecule has 0 unspecified atom stereocenters. The van der Waals surface area contributed by atoms with Gasteiger partial charge >= 0.3 is 0 Å². The monoisotopic (exact) mass is 245 g/mol. The first kappa shape index (κ1) is 12.8. The van der Waals surface area contributed by atoms with E-state index < -0.39 is 0 Å². The van der Waals surface area contributed by atoms with Crippen LogP contribution >= 0.6 is 0 Å². The summed E-state index contributed by atoms with van der Waals surface area (Å²) in [6.07, 6.45) is 3.01. The summed E-state index contributed by atoms with van der Waals surface area (Å²) in [6, 6.07) is 10.2. The fourth-order valence-electron chi connectivity index (χ4n) is 1.68. The van der Waals surface area contributed by atoms with Crippen molar-refractivity contribution in [3.63, 3.8) is 0 Å². The summed E-state index contributed by atoms with van der Waals surface area (Å²) in [5.41, 5.74) is 1.23. The van der Waals surface area contributed by atoms with Crippen LogP contribution in [0.5, 0.6) is 0 Å². The molecular weight excluding hydrogens is 226 g/mol. The van der Waals surface area contributed by atoms with Gasteiger partial charge in [-0.2, -0.15) is 5.10 Å². The highest BCUT2D eigenvalue weighted by Crippen LogP contribution is 2.05. The van der Waals surface area contributed by atoms with Crippen LogP contribution in [0.4, 0.5) is 0 Å². The van der Waals surface area contributed by atoms with Crippen LogP contribution < -0.4 is 0 Å². The Bertz CT molecular complexity index is 453. The number of ether oxygens (including phenoxy) is 1. The van der Waals surface area contributed by atoms with Crippen molar-refractivity contribution < 1.29 is 4.74 Å². The molecule has 18 heavy (non-hydrogen) atoms. The molecule has 0 atom stereocenters. The predicted molar refractivity (Wildman–Crippen MR) is 70.2 cm³/mol. The molecule has 96 valence electrons. The van der Waals surface area contributed by atoms with E-state index in [4.69, 9.17) is 4.74 Å². The van der Waals surface area contributed by atoms with Gasteiger partial charge in [-0.05, 0) is 12.0 Å². The van der Waals surface area contributed by atoms with Gasteiger partial charge < -0.3 is 4.74 Å². The van der Waals surface area contributed by atoms with Gasteiger partial charge in [-0.25, -0.2) is 4.98 Å². The van der Waals surface area contributed by atoms with Crippen LogP contribution in [0.1, 0.15) is 37.0 Å². The molecule has 0 aliphatic heterocycles. The van der Waals surface area contributed by atoms with Crippen LogP contribution in [0, 0.1) is 0 Å². The molecule has 1 aromatic heterocycles. The zero-order chi connectivity index (χ0) is 12.6. The molecule has 1 aromatic carbocycles. The van der Waals surface area contributed by atoms with Crippen molar-refractivity contribution >= 4 is 0 Å². The normalized spacial score (nSPS) is 10.7. The Hall–Kier alpha value is -1.68. The van der Waals surface area contributed by atoms with Gasteiger partial charge in [0.2, 0.25) is 0 Å². The Morgan fingerprint density at radius 3 is 2.83 bits per heavy atom. The Labute approximate surface area is 107 Å². The standard InChI is InChI=1S/C14H19N3O/c1-2-3-9-18-11-14-15-13(16-17-14)10-12-7-5-4-6-8-12/h4-8H,2-3,9-11H2,1H3,(H,15,16,17). The molecule has 0 fully saturated rings. The molecule has 0 saturated heterocycles. The van der Waals surface area contributed by atoms with Gasteiger partial charge in [0.15, 0.2) is 5.82 Å². The van der Waals surface area contributed by atoms with E-state index in [-0.39, 0.29) is 0 Å². The Balaban J connectivity index is 1.83. The highest BCUT2D eigenvalue weighted by Gasteiger charge is 2.03. The lowest BCUT2D eigenvalue weighted by atomic mass is 10.1. The first-order chi connectivity index (χ1) is 8.88. The van der Waals surface area contributed by atoms with Crippen LogP contribution in [0.3, 0.4) is 0 Å². The minimum Gasteiger partial charge on any atom is -0.373 e. The van der Waals surface area contributed by atoms with Crippen molar-refractivity contribution in [2.75, 3.05) is 6.61 Å². The van der Waals surface area contributed by atoms with Crippen molar-refractivity contribution in [2.24, 2.45) is 0 Å². The Kier molecular flexibility index (Phi) is 4.90. The van der Waals surface area contributed by atoms with E-state index in [2.05, 4.69) is 34.2 Å². The summed E-state index contributed by atoms with van der Waals surface area (Å²) in [4.78, 5) is 4.41. The largest absolute Gasteiger partial charge is 0.373 e. The molecule has 4 heteroatoms. The SMILES string of the molecule is CCCCOCc1n[nH]c(Cc2ccccc2)n1. The summed E-state index contributed by atoms with van der Waals surface area (Å²) in [6.45, 7) is 3.42. The van der Waals surface area contributed by atoms with E-state index in [1.54, 1.807) is 0 Å². The number of hydrogen-bond acceptors (Lipinski definition) is 3. The summed E-state index contributed by atoms with van der Waals surface area (Å²) in [5.74, 6) is 1.62. The smallest absolute Gasteiger partial charge is 0.176 e. The van der Waals surface area contributed by atoms with Crippen LogP contribution in [0.15, 0.2) is 30.3 Å². The van der Waals surface area contributed by atoms with Gasteiger partial charge in [0.25, 0.3) is 0 Å². The lowest BCUT2D eigenvalue weighted by Gasteiger charge is -1.98. The van der Waals surface area contributed by atoms with Gasteiger partial charge in [0, 0.05) is 13.0 Å². The molecule has 0 spiro atoms.